The van der Waals surface area contributed by atoms with E-state index < -0.39 is 0 Å². The number of rotatable bonds is 3. The van der Waals surface area contributed by atoms with E-state index in [9.17, 15) is 4.79 Å². The second-order valence-corrected chi connectivity index (χ2v) is 3.72. The van der Waals surface area contributed by atoms with Gasteiger partial charge in [-0.25, -0.2) is 4.98 Å². The molecule has 0 aliphatic heterocycles. The summed E-state index contributed by atoms with van der Waals surface area (Å²) in [5.74, 6) is 0. The summed E-state index contributed by atoms with van der Waals surface area (Å²) in [7, 11) is 3.68. The Hall–Kier alpha value is -2.04. The Morgan fingerprint density at radius 1 is 1.31 bits per heavy atom. The average Bonchev–Trinajstić information content (AvgIpc) is 2.66. The van der Waals surface area contributed by atoms with Gasteiger partial charge >= 0.3 is 0 Å². The molecule has 5 heteroatoms. The molecule has 84 valence electrons. The molecule has 0 radical (unpaired) electrons. The predicted octanol–water partition coefficient (Wildman–Crippen LogP) is 0.731. The minimum atomic E-state index is -0.00826. The summed E-state index contributed by atoms with van der Waals surface area (Å²) in [5.41, 5.74) is 2.00. The van der Waals surface area contributed by atoms with Crippen LogP contribution in [0.15, 0.2) is 35.6 Å². The van der Waals surface area contributed by atoms with Crippen LogP contribution in [0.25, 0.3) is 0 Å². The van der Waals surface area contributed by atoms with Crippen molar-refractivity contribution in [3.8, 4) is 0 Å². The minimum absolute atomic E-state index is 0.00826. The molecular weight excluding hydrogens is 204 g/mol. The Kier molecular flexibility index (Phi) is 2.76. The lowest BCUT2D eigenvalue weighted by Crippen LogP contribution is -2.15. The molecule has 0 aliphatic rings. The Morgan fingerprint density at radius 2 is 2.12 bits per heavy atom. The lowest BCUT2D eigenvalue weighted by molar-refractivity contribution is 0.830. The maximum absolute atomic E-state index is 11.2. The molecule has 1 N–H and O–H groups in total. The van der Waals surface area contributed by atoms with Crippen molar-refractivity contribution >= 4 is 5.69 Å². The highest BCUT2D eigenvalue weighted by Crippen LogP contribution is 2.05. The Balaban J connectivity index is 2.08. The monoisotopic (exact) mass is 218 g/mol. The van der Waals surface area contributed by atoms with Crippen molar-refractivity contribution in [3.05, 3.63) is 46.9 Å². The first-order valence-electron chi connectivity index (χ1n) is 5.02. The molecule has 0 saturated carbocycles. The lowest BCUT2D eigenvalue weighted by atomic mass is 10.4. The van der Waals surface area contributed by atoms with Gasteiger partial charge in [0.2, 0.25) is 5.56 Å². The van der Waals surface area contributed by atoms with Crippen molar-refractivity contribution in [1.29, 1.82) is 0 Å². The van der Waals surface area contributed by atoms with Gasteiger partial charge in [0.15, 0.2) is 0 Å². The second-order valence-electron chi connectivity index (χ2n) is 3.72. The first-order chi connectivity index (χ1) is 7.66. The van der Waals surface area contributed by atoms with Crippen LogP contribution in [-0.4, -0.2) is 14.1 Å². The molecule has 0 aliphatic carbocycles. The van der Waals surface area contributed by atoms with E-state index in [0.29, 0.717) is 6.54 Å². The molecule has 2 heterocycles. The molecule has 0 bridgehead atoms. The number of hydrogen-bond acceptors (Lipinski definition) is 3. The van der Waals surface area contributed by atoms with E-state index >= 15 is 0 Å². The number of hydrogen-bond donors (Lipinski definition) is 1. The van der Waals surface area contributed by atoms with E-state index in [2.05, 4.69) is 10.3 Å². The molecular formula is C11H14N4O. The maximum atomic E-state index is 11.2. The minimum Gasteiger partial charge on any atom is -0.378 e. The van der Waals surface area contributed by atoms with Gasteiger partial charge in [-0.15, -0.1) is 0 Å². The van der Waals surface area contributed by atoms with Crippen LogP contribution in [0.2, 0.25) is 0 Å². The number of pyridine rings is 1. The van der Waals surface area contributed by atoms with Crippen molar-refractivity contribution in [2.75, 3.05) is 5.32 Å². The SMILES string of the molecule is Cn1cncc1CNc1ccc(=O)n(C)c1. The summed E-state index contributed by atoms with van der Waals surface area (Å²) in [6.45, 7) is 0.689. The molecule has 0 aromatic carbocycles. The number of nitrogens with zero attached hydrogens (tertiary/aromatic N) is 3. The van der Waals surface area contributed by atoms with E-state index in [1.807, 2.05) is 17.8 Å². The number of imidazole rings is 1. The summed E-state index contributed by atoms with van der Waals surface area (Å²) in [6.07, 6.45) is 5.35. The second kappa shape index (κ2) is 4.22. The van der Waals surface area contributed by atoms with E-state index in [1.165, 1.54) is 0 Å². The molecule has 0 saturated heterocycles. The molecule has 0 unspecified atom stereocenters. The number of anilines is 1. The third-order valence-corrected chi connectivity index (χ3v) is 2.48. The van der Waals surface area contributed by atoms with Crippen LogP contribution in [-0.2, 0) is 20.6 Å². The van der Waals surface area contributed by atoms with E-state index in [0.717, 1.165) is 11.4 Å². The van der Waals surface area contributed by atoms with Gasteiger partial charge in [0.25, 0.3) is 0 Å². The number of nitrogens with one attached hydrogen (secondary N) is 1. The fraction of sp³-hybridized carbons (Fsp3) is 0.273. The van der Waals surface area contributed by atoms with Crippen LogP contribution in [0.3, 0.4) is 0 Å². The van der Waals surface area contributed by atoms with Crippen LogP contribution < -0.4 is 10.9 Å². The highest BCUT2D eigenvalue weighted by Gasteiger charge is 1.99. The Morgan fingerprint density at radius 3 is 2.75 bits per heavy atom. The van der Waals surface area contributed by atoms with Gasteiger partial charge in [0, 0.05) is 32.6 Å². The number of aromatic nitrogens is 3. The zero-order chi connectivity index (χ0) is 11.5. The zero-order valence-electron chi connectivity index (χ0n) is 9.34. The predicted molar refractivity (Wildman–Crippen MR) is 62.2 cm³/mol. The van der Waals surface area contributed by atoms with Crippen LogP contribution in [0.5, 0.6) is 0 Å². The summed E-state index contributed by atoms with van der Waals surface area (Å²) in [6, 6.07) is 3.32. The lowest BCUT2D eigenvalue weighted by Gasteiger charge is -2.07. The van der Waals surface area contributed by atoms with E-state index in [-0.39, 0.29) is 5.56 Å². The fourth-order valence-corrected chi connectivity index (χ4v) is 1.45. The number of aryl methyl sites for hydroxylation is 2. The third-order valence-electron chi connectivity index (χ3n) is 2.48. The topological polar surface area (TPSA) is 51.9 Å². The zero-order valence-corrected chi connectivity index (χ0v) is 9.34. The van der Waals surface area contributed by atoms with Gasteiger partial charge in [0.05, 0.1) is 24.3 Å². The Labute approximate surface area is 93.4 Å². The summed E-state index contributed by atoms with van der Waals surface area (Å²) >= 11 is 0. The Bertz CT molecular complexity index is 541. The summed E-state index contributed by atoms with van der Waals surface area (Å²) in [4.78, 5) is 15.2. The normalized spacial score (nSPS) is 10.4. The summed E-state index contributed by atoms with van der Waals surface area (Å²) in [5, 5.41) is 3.24. The largest absolute Gasteiger partial charge is 0.378 e. The van der Waals surface area contributed by atoms with Crippen molar-refractivity contribution in [2.45, 2.75) is 6.54 Å². The first-order valence-corrected chi connectivity index (χ1v) is 5.02. The van der Waals surface area contributed by atoms with Crippen LogP contribution >= 0.6 is 0 Å². The molecule has 2 aromatic heterocycles. The maximum Gasteiger partial charge on any atom is 0.250 e. The molecule has 16 heavy (non-hydrogen) atoms. The molecule has 0 atom stereocenters. The molecule has 0 spiro atoms. The summed E-state index contributed by atoms with van der Waals surface area (Å²) < 4.78 is 3.50. The van der Waals surface area contributed by atoms with Gasteiger partial charge in [-0.2, -0.15) is 0 Å². The standard InChI is InChI=1S/C11H14N4O/c1-14-7-9(3-4-11(14)16)13-6-10-5-12-8-15(10)2/h3-5,7-8,13H,6H2,1-2H3. The molecule has 0 amide bonds. The molecule has 0 fully saturated rings. The fourth-order valence-electron chi connectivity index (χ4n) is 1.45. The van der Waals surface area contributed by atoms with Crippen molar-refractivity contribution in [1.82, 2.24) is 14.1 Å². The average molecular weight is 218 g/mol. The van der Waals surface area contributed by atoms with Gasteiger partial charge in [-0.3, -0.25) is 4.79 Å². The highest BCUT2D eigenvalue weighted by atomic mass is 16.1. The molecule has 2 aromatic rings. The van der Waals surface area contributed by atoms with Gasteiger partial charge in [-0.05, 0) is 6.07 Å². The van der Waals surface area contributed by atoms with Crippen molar-refractivity contribution < 1.29 is 0 Å². The van der Waals surface area contributed by atoms with Gasteiger partial charge in [0.1, 0.15) is 0 Å². The third kappa shape index (κ3) is 2.13. The first kappa shape index (κ1) is 10.5. The smallest absolute Gasteiger partial charge is 0.250 e. The van der Waals surface area contributed by atoms with Gasteiger partial charge < -0.3 is 14.5 Å². The quantitative estimate of drug-likeness (QED) is 0.826. The van der Waals surface area contributed by atoms with Crippen molar-refractivity contribution in [3.63, 3.8) is 0 Å². The van der Waals surface area contributed by atoms with E-state index in [1.54, 1.807) is 36.3 Å². The van der Waals surface area contributed by atoms with Gasteiger partial charge in [-0.1, -0.05) is 0 Å². The van der Waals surface area contributed by atoms with Crippen LogP contribution in [0, 0.1) is 0 Å². The highest BCUT2D eigenvalue weighted by molar-refractivity contribution is 5.40. The van der Waals surface area contributed by atoms with Crippen molar-refractivity contribution in [2.24, 2.45) is 14.1 Å². The molecule has 2 rings (SSSR count). The van der Waals surface area contributed by atoms with Crippen LogP contribution in [0.1, 0.15) is 5.69 Å². The molecule has 5 nitrogen and oxygen atoms in total. The van der Waals surface area contributed by atoms with Crippen LogP contribution in [0.4, 0.5) is 5.69 Å². The van der Waals surface area contributed by atoms with E-state index in [4.69, 9.17) is 0 Å².